The summed E-state index contributed by atoms with van der Waals surface area (Å²) >= 11 is 6.93. The molecule has 3 aromatic carbocycles. The summed E-state index contributed by atoms with van der Waals surface area (Å²) in [5.74, 6) is 0.956. The molecule has 2 heterocycles. The Morgan fingerprint density at radius 3 is 2.63 bits per heavy atom. The molecule has 5 aromatic rings. The number of rotatable bonds is 5. The molecule has 0 bridgehead atoms. The van der Waals surface area contributed by atoms with Crippen molar-refractivity contribution in [3.05, 3.63) is 71.5 Å². The molecule has 2 aromatic heterocycles. The maximum Gasteiger partial charge on any atom is 0.261 e. The van der Waals surface area contributed by atoms with Crippen molar-refractivity contribution in [3.8, 4) is 16.3 Å². The standard InChI is InChI=1S/C25H22N6O2S2/c1-4-21-28-29-25-31(21)30-23(35-25)17-10-9-14(2)19(12-17)26-24(34)27-22(32)18-11-15-7-5-6-8-16(15)13-20(18)33-3/h5-13H,4H2,1-3H3,(H2,26,27,32,34). The first-order chi connectivity index (χ1) is 17.0. The van der Waals surface area contributed by atoms with Crippen molar-refractivity contribution in [1.82, 2.24) is 25.1 Å². The Morgan fingerprint density at radius 1 is 1.11 bits per heavy atom. The summed E-state index contributed by atoms with van der Waals surface area (Å²) < 4.78 is 7.22. The number of hydrogen-bond acceptors (Lipinski definition) is 7. The van der Waals surface area contributed by atoms with Gasteiger partial charge in [0, 0.05) is 17.7 Å². The van der Waals surface area contributed by atoms with Gasteiger partial charge < -0.3 is 10.1 Å². The van der Waals surface area contributed by atoms with Crippen LogP contribution < -0.4 is 15.4 Å². The Hall–Kier alpha value is -3.89. The molecule has 0 fully saturated rings. The van der Waals surface area contributed by atoms with Crippen LogP contribution in [0.3, 0.4) is 0 Å². The minimum atomic E-state index is -0.348. The second-order valence-corrected chi connectivity index (χ2v) is 9.27. The summed E-state index contributed by atoms with van der Waals surface area (Å²) in [4.78, 5) is 13.8. The number of nitrogens with one attached hydrogen (secondary N) is 2. The van der Waals surface area contributed by atoms with Crippen LogP contribution in [0.1, 0.15) is 28.7 Å². The van der Waals surface area contributed by atoms with Crippen molar-refractivity contribution >= 4 is 56.0 Å². The zero-order chi connectivity index (χ0) is 24.5. The van der Waals surface area contributed by atoms with Crippen molar-refractivity contribution in [3.63, 3.8) is 0 Å². The monoisotopic (exact) mass is 502 g/mol. The van der Waals surface area contributed by atoms with Gasteiger partial charge in [0.25, 0.3) is 5.91 Å². The molecule has 0 aliphatic rings. The van der Waals surface area contributed by atoms with Crippen molar-refractivity contribution < 1.29 is 9.53 Å². The SMILES string of the molecule is CCc1nnc2sc(-c3ccc(C)c(NC(=S)NC(=O)c4cc5ccccc5cc4OC)c3)nn12. The van der Waals surface area contributed by atoms with Crippen LogP contribution in [0.25, 0.3) is 26.3 Å². The maximum atomic E-state index is 13.0. The van der Waals surface area contributed by atoms with E-state index in [1.54, 1.807) is 17.7 Å². The van der Waals surface area contributed by atoms with Crippen LogP contribution in [0.15, 0.2) is 54.6 Å². The van der Waals surface area contributed by atoms with E-state index >= 15 is 0 Å². The lowest BCUT2D eigenvalue weighted by Gasteiger charge is -2.14. The van der Waals surface area contributed by atoms with Crippen molar-refractivity contribution in [1.29, 1.82) is 0 Å². The summed E-state index contributed by atoms with van der Waals surface area (Å²) in [5.41, 5.74) is 3.08. The average molecular weight is 503 g/mol. The van der Waals surface area contributed by atoms with Gasteiger partial charge in [0.1, 0.15) is 10.8 Å². The predicted octanol–water partition coefficient (Wildman–Crippen LogP) is 5.01. The van der Waals surface area contributed by atoms with Gasteiger partial charge in [-0.1, -0.05) is 54.7 Å². The van der Waals surface area contributed by atoms with E-state index in [4.69, 9.17) is 17.0 Å². The van der Waals surface area contributed by atoms with Crippen LogP contribution in [0.2, 0.25) is 0 Å². The molecule has 176 valence electrons. The van der Waals surface area contributed by atoms with E-state index in [0.717, 1.165) is 49.8 Å². The number of nitrogens with zero attached hydrogens (tertiary/aromatic N) is 4. The Morgan fingerprint density at radius 2 is 1.89 bits per heavy atom. The van der Waals surface area contributed by atoms with Gasteiger partial charge in [0.15, 0.2) is 10.9 Å². The lowest BCUT2D eigenvalue weighted by molar-refractivity contribution is 0.0975. The second kappa shape index (κ2) is 9.40. The number of hydrogen-bond donors (Lipinski definition) is 2. The van der Waals surface area contributed by atoms with Crippen LogP contribution in [-0.2, 0) is 6.42 Å². The molecule has 0 aliphatic heterocycles. The van der Waals surface area contributed by atoms with Crippen LogP contribution in [0.4, 0.5) is 5.69 Å². The highest BCUT2D eigenvalue weighted by molar-refractivity contribution is 7.80. The van der Waals surface area contributed by atoms with Gasteiger partial charge in [-0.15, -0.1) is 10.2 Å². The number of carbonyl (C=O) groups excluding carboxylic acids is 1. The van der Waals surface area contributed by atoms with Crippen molar-refractivity contribution in [2.24, 2.45) is 0 Å². The van der Waals surface area contributed by atoms with Gasteiger partial charge in [-0.05, 0) is 53.7 Å². The molecule has 0 atom stereocenters. The summed E-state index contributed by atoms with van der Waals surface area (Å²) in [6.45, 7) is 3.99. The number of benzene rings is 3. The number of carbonyl (C=O) groups is 1. The Kier molecular flexibility index (Phi) is 6.14. The first kappa shape index (κ1) is 22.9. The van der Waals surface area contributed by atoms with E-state index in [0.29, 0.717) is 11.3 Å². The van der Waals surface area contributed by atoms with Gasteiger partial charge in [-0.2, -0.15) is 9.61 Å². The number of amides is 1. The number of fused-ring (bicyclic) bond motifs is 2. The molecule has 2 N–H and O–H groups in total. The van der Waals surface area contributed by atoms with Crippen LogP contribution in [-0.4, -0.2) is 37.9 Å². The van der Waals surface area contributed by atoms with Crippen LogP contribution in [0, 0.1) is 6.92 Å². The third-order valence-corrected chi connectivity index (χ3v) is 6.80. The number of thiocarbonyl (C=S) groups is 1. The largest absolute Gasteiger partial charge is 0.496 e. The summed E-state index contributed by atoms with van der Waals surface area (Å²) in [7, 11) is 1.54. The normalized spacial score (nSPS) is 11.1. The molecule has 5 rings (SSSR count). The van der Waals surface area contributed by atoms with Crippen LogP contribution >= 0.6 is 23.6 Å². The highest BCUT2D eigenvalue weighted by atomic mass is 32.1. The van der Waals surface area contributed by atoms with Gasteiger partial charge in [-0.25, -0.2) is 0 Å². The fourth-order valence-electron chi connectivity index (χ4n) is 3.77. The van der Waals surface area contributed by atoms with E-state index < -0.39 is 0 Å². The Balaban J connectivity index is 1.36. The van der Waals surface area contributed by atoms with Crippen molar-refractivity contribution in [2.75, 3.05) is 12.4 Å². The minimum Gasteiger partial charge on any atom is -0.496 e. The Labute approximate surface area is 211 Å². The third-order valence-electron chi connectivity index (χ3n) is 5.64. The quantitative estimate of drug-likeness (QED) is 0.326. The Bertz CT molecular complexity index is 1590. The fraction of sp³-hybridized carbons (Fsp3) is 0.160. The van der Waals surface area contributed by atoms with E-state index in [2.05, 4.69) is 25.9 Å². The highest BCUT2D eigenvalue weighted by Gasteiger charge is 2.17. The zero-order valence-electron chi connectivity index (χ0n) is 19.3. The van der Waals surface area contributed by atoms with E-state index in [-0.39, 0.29) is 11.0 Å². The lowest BCUT2D eigenvalue weighted by atomic mass is 10.1. The first-order valence-corrected chi connectivity index (χ1v) is 12.2. The molecule has 0 unspecified atom stereocenters. The molecule has 0 saturated carbocycles. The average Bonchev–Trinajstić information content (AvgIpc) is 3.45. The number of anilines is 1. The fourth-order valence-corrected chi connectivity index (χ4v) is 4.83. The molecule has 35 heavy (non-hydrogen) atoms. The topological polar surface area (TPSA) is 93.4 Å². The van der Waals surface area contributed by atoms with Crippen molar-refractivity contribution in [2.45, 2.75) is 20.3 Å². The molecule has 0 radical (unpaired) electrons. The number of ether oxygens (including phenoxy) is 1. The number of methoxy groups -OCH3 is 1. The molecule has 0 aliphatic carbocycles. The first-order valence-electron chi connectivity index (χ1n) is 11.0. The molecular formula is C25H22N6O2S2. The molecule has 0 saturated heterocycles. The second-order valence-electron chi connectivity index (χ2n) is 7.91. The number of aromatic nitrogens is 4. The molecule has 0 spiro atoms. The van der Waals surface area contributed by atoms with Gasteiger partial charge >= 0.3 is 0 Å². The van der Waals surface area contributed by atoms with Gasteiger partial charge in [0.2, 0.25) is 4.96 Å². The third kappa shape index (κ3) is 4.45. The molecule has 10 heteroatoms. The van der Waals surface area contributed by atoms with Gasteiger partial charge in [0.05, 0.1) is 12.7 Å². The molecule has 8 nitrogen and oxygen atoms in total. The van der Waals surface area contributed by atoms with E-state index in [1.807, 2.05) is 62.4 Å². The lowest BCUT2D eigenvalue weighted by Crippen LogP contribution is -2.34. The highest BCUT2D eigenvalue weighted by Crippen LogP contribution is 2.30. The minimum absolute atomic E-state index is 0.192. The zero-order valence-corrected chi connectivity index (χ0v) is 21.0. The van der Waals surface area contributed by atoms with E-state index in [1.165, 1.54) is 11.3 Å². The number of aryl methyl sites for hydroxylation is 2. The van der Waals surface area contributed by atoms with E-state index in [9.17, 15) is 4.79 Å². The predicted molar refractivity (Wildman–Crippen MR) is 142 cm³/mol. The summed E-state index contributed by atoms with van der Waals surface area (Å²) in [6.07, 6.45) is 0.751. The summed E-state index contributed by atoms with van der Waals surface area (Å²) in [6, 6.07) is 17.4. The summed E-state index contributed by atoms with van der Waals surface area (Å²) in [5, 5.41) is 21.9. The smallest absolute Gasteiger partial charge is 0.261 e. The molecular weight excluding hydrogens is 480 g/mol. The van der Waals surface area contributed by atoms with Crippen LogP contribution in [0.5, 0.6) is 5.75 Å². The molecule has 1 amide bonds. The van der Waals surface area contributed by atoms with Gasteiger partial charge in [-0.3, -0.25) is 10.1 Å². The maximum absolute atomic E-state index is 13.0.